The Balaban J connectivity index is 2.29. The molecule has 168 valence electrons. The van der Waals surface area contributed by atoms with Crippen LogP contribution in [0, 0.1) is 13.8 Å². The van der Waals surface area contributed by atoms with E-state index in [9.17, 15) is 9.59 Å². The number of amides is 2. The van der Waals surface area contributed by atoms with Gasteiger partial charge in [-0.1, -0.05) is 67.7 Å². The average Bonchev–Trinajstić information content (AvgIpc) is 2.73. The molecule has 1 unspecified atom stereocenters. The van der Waals surface area contributed by atoms with E-state index in [1.165, 1.54) is 5.56 Å². The van der Waals surface area contributed by atoms with E-state index in [0.29, 0.717) is 29.6 Å². The molecule has 2 rings (SSSR count). The summed E-state index contributed by atoms with van der Waals surface area (Å²) in [7, 11) is 0. The molecule has 0 fully saturated rings. The maximum atomic E-state index is 13.4. The molecule has 0 aliphatic carbocycles. The summed E-state index contributed by atoms with van der Waals surface area (Å²) in [5.74, 6) is -0.212. The van der Waals surface area contributed by atoms with E-state index in [1.807, 2.05) is 45.0 Å². The van der Waals surface area contributed by atoms with Crippen LogP contribution in [0.25, 0.3) is 0 Å². The van der Waals surface area contributed by atoms with Crippen LogP contribution in [-0.4, -0.2) is 29.3 Å². The van der Waals surface area contributed by atoms with Crippen LogP contribution < -0.4 is 5.32 Å². The molecule has 2 aromatic carbocycles. The number of halogens is 2. The third kappa shape index (κ3) is 7.26. The van der Waals surface area contributed by atoms with Crippen molar-refractivity contribution in [2.24, 2.45) is 0 Å². The van der Waals surface area contributed by atoms with E-state index in [0.717, 1.165) is 29.5 Å². The predicted octanol–water partition coefficient (Wildman–Crippen LogP) is 5.88. The number of benzene rings is 2. The normalized spacial score (nSPS) is 11.8. The van der Waals surface area contributed by atoms with Crippen molar-refractivity contribution in [1.29, 1.82) is 0 Å². The molecule has 0 aliphatic rings. The summed E-state index contributed by atoms with van der Waals surface area (Å²) in [6.45, 7) is 8.98. The number of nitrogens with zero attached hydrogens (tertiary/aromatic N) is 1. The molecule has 0 radical (unpaired) electrons. The topological polar surface area (TPSA) is 49.4 Å². The fraction of sp³-hybridized carbons (Fsp3) is 0.440. The summed E-state index contributed by atoms with van der Waals surface area (Å²) < 4.78 is 0. The molecule has 1 N–H and O–H groups in total. The number of hydrogen-bond acceptors (Lipinski definition) is 2. The van der Waals surface area contributed by atoms with E-state index < -0.39 is 6.04 Å². The highest BCUT2D eigenvalue weighted by molar-refractivity contribution is 6.42. The smallest absolute Gasteiger partial charge is 0.242 e. The number of nitrogens with one attached hydrogen (secondary N) is 1. The lowest BCUT2D eigenvalue weighted by Crippen LogP contribution is -2.49. The Morgan fingerprint density at radius 3 is 2.29 bits per heavy atom. The molecule has 6 heteroatoms. The lowest BCUT2D eigenvalue weighted by Gasteiger charge is -2.31. The first-order valence-corrected chi connectivity index (χ1v) is 11.6. The van der Waals surface area contributed by atoms with Crippen LogP contribution in [0.5, 0.6) is 0 Å². The first-order chi connectivity index (χ1) is 14.8. The Hall–Kier alpha value is -2.04. The molecule has 2 amide bonds. The monoisotopic (exact) mass is 462 g/mol. The van der Waals surface area contributed by atoms with Gasteiger partial charge < -0.3 is 10.2 Å². The number of aryl methyl sites for hydroxylation is 2. The highest BCUT2D eigenvalue weighted by atomic mass is 35.5. The quantitative estimate of drug-likeness (QED) is 0.448. The van der Waals surface area contributed by atoms with Gasteiger partial charge in [0.05, 0.1) is 16.5 Å². The van der Waals surface area contributed by atoms with Gasteiger partial charge in [0.1, 0.15) is 6.04 Å². The van der Waals surface area contributed by atoms with Gasteiger partial charge in [-0.3, -0.25) is 9.59 Å². The lowest BCUT2D eigenvalue weighted by molar-refractivity contribution is -0.140. The zero-order chi connectivity index (χ0) is 23.0. The van der Waals surface area contributed by atoms with E-state index in [1.54, 1.807) is 17.0 Å². The van der Waals surface area contributed by atoms with Crippen LogP contribution in [0.1, 0.15) is 55.4 Å². The van der Waals surface area contributed by atoms with Gasteiger partial charge in [0.25, 0.3) is 0 Å². The van der Waals surface area contributed by atoms with Gasteiger partial charge in [-0.2, -0.15) is 0 Å². The van der Waals surface area contributed by atoms with Crippen LogP contribution in [-0.2, 0) is 22.6 Å². The molecular weight excluding hydrogens is 431 g/mol. The average molecular weight is 463 g/mol. The third-order valence-electron chi connectivity index (χ3n) is 5.48. The summed E-state index contributed by atoms with van der Waals surface area (Å²) in [6, 6.07) is 10.8. The Bertz CT molecular complexity index is 914. The predicted molar refractivity (Wildman–Crippen MR) is 129 cm³/mol. The first-order valence-electron chi connectivity index (χ1n) is 10.8. The highest BCUT2D eigenvalue weighted by Crippen LogP contribution is 2.24. The summed E-state index contributed by atoms with van der Waals surface area (Å²) in [6.07, 6.45) is 2.67. The Morgan fingerprint density at radius 1 is 0.968 bits per heavy atom. The van der Waals surface area contributed by atoms with Crippen LogP contribution in [0.15, 0.2) is 36.4 Å². The minimum atomic E-state index is -0.551. The number of hydrogen-bond donors (Lipinski definition) is 1. The largest absolute Gasteiger partial charge is 0.354 e. The zero-order valence-corrected chi connectivity index (χ0v) is 20.3. The number of carbonyl (C=O) groups excluding carboxylic acids is 2. The van der Waals surface area contributed by atoms with Gasteiger partial charge in [-0.05, 0) is 61.1 Å². The molecule has 31 heavy (non-hydrogen) atoms. The Kier molecular flexibility index (Phi) is 9.86. The van der Waals surface area contributed by atoms with Crippen molar-refractivity contribution in [3.8, 4) is 0 Å². The maximum absolute atomic E-state index is 13.4. The third-order valence-corrected chi connectivity index (χ3v) is 6.22. The molecule has 0 heterocycles. The molecule has 0 saturated heterocycles. The lowest BCUT2D eigenvalue weighted by atomic mass is 10.0. The summed E-state index contributed by atoms with van der Waals surface area (Å²) in [4.78, 5) is 28.0. The SMILES string of the molecule is CCCCNC(=O)C(CC)N(Cc1ccc(Cl)c(Cl)c1)C(=O)Cc1ccc(C)c(C)c1. The Labute approximate surface area is 195 Å². The molecule has 4 nitrogen and oxygen atoms in total. The molecule has 0 aromatic heterocycles. The highest BCUT2D eigenvalue weighted by Gasteiger charge is 2.28. The fourth-order valence-corrected chi connectivity index (χ4v) is 3.77. The number of carbonyl (C=O) groups is 2. The minimum absolute atomic E-state index is 0.0909. The van der Waals surface area contributed by atoms with Crippen LogP contribution >= 0.6 is 23.2 Å². The Morgan fingerprint density at radius 2 is 1.68 bits per heavy atom. The van der Waals surface area contributed by atoms with E-state index in [4.69, 9.17) is 23.2 Å². The van der Waals surface area contributed by atoms with Crippen molar-refractivity contribution in [2.45, 2.75) is 66.0 Å². The summed E-state index contributed by atoms with van der Waals surface area (Å²) in [5.41, 5.74) is 4.10. The van der Waals surface area contributed by atoms with Crippen molar-refractivity contribution >= 4 is 35.0 Å². The van der Waals surface area contributed by atoms with Gasteiger partial charge >= 0.3 is 0 Å². The van der Waals surface area contributed by atoms with Gasteiger partial charge in [0.2, 0.25) is 11.8 Å². The van der Waals surface area contributed by atoms with E-state index in [-0.39, 0.29) is 18.2 Å². The molecule has 0 bridgehead atoms. The zero-order valence-electron chi connectivity index (χ0n) is 18.8. The summed E-state index contributed by atoms with van der Waals surface area (Å²) in [5, 5.41) is 3.87. The first kappa shape index (κ1) is 25.2. The molecule has 1 atom stereocenters. The van der Waals surface area contributed by atoms with E-state index in [2.05, 4.69) is 12.2 Å². The standard InChI is InChI=1S/C25H32Cl2N2O2/c1-5-7-12-28-25(31)23(6-2)29(16-20-10-11-21(26)22(27)14-20)24(30)15-19-9-8-17(3)18(4)13-19/h8-11,13-14,23H,5-7,12,15-16H2,1-4H3,(H,28,31). The number of rotatable bonds is 10. The van der Waals surface area contributed by atoms with Gasteiger partial charge in [-0.25, -0.2) is 0 Å². The van der Waals surface area contributed by atoms with Crippen molar-refractivity contribution in [3.63, 3.8) is 0 Å². The molecule has 2 aromatic rings. The van der Waals surface area contributed by atoms with Crippen molar-refractivity contribution in [3.05, 3.63) is 68.7 Å². The van der Waals surface area contributed by atoms with E-state index >= 15 is 0 Å². The van der Waals surface area contributed by atoms with Gasteiger partial charge in [0.15, 0.2) is 0 Å². The second kappa shape index (κ2) is 12.1. The van der Waals surface area contributed by atoms with Crippen LogP contribution in [0.4, 0.5) is 0 Å². The van der Waals surface area contributed by atoms with Crippen LogP contribution in [0.2, 0.25) is 10.0 Å². The summed E-state index contributed by atoms with van der Waals surface area (Å²) >= 11 is 12.2. The van der Waals surface area contributed by atoms with Crippen molar-refractivity contribution < 1.29 is 9.59 Å². The fourth-order valence-electron chi connectivity index (χ4n) is 3.45. The molecule has 0 aliphatic heterocycles. The van der Waals surface area contributed by atoms with Gasteiger partial charge in [-0.15, -0.1) is 0 Å². The second-order valence-electron chi connectivity index (χ2n) is 7.93. The molecular formula is C25H32Cl2N2O2. The minimum Gasteiger partial charge on any atom is -0.354 e. The second-order valence-corrected chi connectivity index (χ2v) is 8.75. The molecule has 0 spiro atoms. The van der Waals surface area contributed by atoms with Gasteiger partial charge in [0, 0.05) is 13.1 Å². The van der Waals surface area contributed by atoms with Crippen molar-refractivity contribution in [2.75, 3.05) is 6.54 Å². The maximum Gasteiger partial charge on any atom is 0.242 e. The van der Waals surface area contributed by atoms with Crippen LogP contribution in [0.3, 0.4) is 0 Å². The molecule has 0 saturated carbocycles. The van der Waals surface area contributed by atoms with Crippen molar-refractivity contribution in [1.82, 2.24) is 10.2 Å². The number of unbranched alkanes of at least 4 members (excludes halogenated alkanes) is 1.